The first-order valence-corrected chi connectivity index (χ1v) is 7.32. The number of ether oxygens (including phenoxy) is 2. The smallest absolute Gasteiger partial charge is 0.129 e. The van der Waals surface area contributed by atoms with Crippen molar-refractivity contribution in [1.29, 1.82) is 0 Å². The zero-order valence-electron chi connectivity index (χ0n) is 11.1. The summed E-state index contributed by atoms with van der Waals surface area (Å²) < 4.78 is 25.1. The van der Waals surface area contributed by atoms with Crippen LogP contribution in [0.1, 0.15) is 30.9 Å². The van der Waals surface area contributed by atoms with Crippen molar-refractivity contribution >= 4 is 11.6 Å². The topological polar surface area (TPSA) is 38.7 Å². The molecule has 0 radical (unpaired) electrons. The van der Waals surface area contributed by atoms with Crippen molar-refractivity contribution in [2.24, 2.45) is 5.92 Å². The zero-order valence-corrected chi connectivity index (χ0v) is 11.9. The van der Waals surface area contributed by atoms with Gasteiger partial charge in [-0.1, -0.05) is 11.6 Å². The van der Waals surface area contributed by atoms with Gasteiger partial charge in [-0.2, -0.15) is 0 Å². The van der Waals surface area contributed by atoms with Crippen LogP contribution in [-0.4, -0.2) is 30.5 Å². The van der Waals surface area contributed by atoms with E-state index in [0.717, 1.165) is 12.8 Å². The number of hydrogen-bond donors (Lipinski definition) is 1. The Hall–Kier alpha value is -0.680. The van der Waals surface area contributed by atoms with Gasteiger partial charge in [0.1, 0.15) is 5.82 Å². The van der Waals surface area contributed by atoms with Crippen LogP contribution in [0.3, 0.4) is 0 Å². The van der Waals surface area contributed by atoms with Gasteiger partial charge in [0.25, 0.3) is 0 Å². The molecule has 2 aliphatic heterocycles. The number of aliphatic hydroxyl groups is 1. The maximum Gasteiger partial charge on any atom is 0.129 e. The van der Waals surface area contributed by atoms with Gasteiger partial charge in [0, 0.05) is 30.2 Å². The van der Waals surface area contributed by atoms with Crippen LogP contribution in [-0.2, 0) is 9.47 Å². The van der Waals surface area contributed by atoms with Crippen LogP contribution in [0.25, 0.3) is 0 Å². The molecular formula is C15H18ClFO3. The van der Waals surface area contributed by atoms with E-state index in [1.807, 2.05) is 0 Å². The van der Waals surface area contributed by atoms with Crippen LogP contribution in [0.15, 0.2) is 18.2 Å². The molecule has 1 aromatic rings. The second-order valence-electron chi connectivity index (χ2n) is 5.70. The fourth-order valence-corrected chi connectivity index (χ4v) is 3.37. The molecular weight excluding hydrogens is 283 g/mol. The summed E-state index contributed by atoms with van der Waals surface area (Å²) in [4.78, 5) is 0. The van der Waals surface area contributed by atoms with Crippen LogP contribution in [0.4, 0.5) is 4.39 Å². The quantitative estimate of drug-likeness (QED) is 0.912. The van der Waals surface area contributed by atoms with Gasteiger partial charge in [-0.05, 0) is 37.0 Å². The first-order chi connectivity index (χ1) is 9.60. The number of halogens is 2. The van der Waals surface area contributed by atoms with Crippen molar-refractivity contribution in [2.45, 2.75) is 31.0 Å². The molecule has 0 aromatic heterocycles. The summed E-state index contributed by atoms with van der Waals surface area (Å²) in [6, 6.07) is 4.30. The largest absolute Gasteiger partial charge is 0.388 e. The maximum absolute atomic E-state index is 13.9. The molecule has 3 rings (SSSR count). The highest BCUT2D eigenvalue weighted by molar-refractivity contribution is 6.30. The van der Waals surface area contributed by atoms with E-state index in [1.54, 1.807) is 0 Å². The van der Waals surface area contributed by atoms with E-state index in [4.69, 9.17) is 21.1 Å². The van der Waals surface area contributed by atoms with Gasteiger partial charge in [-0.25, -0.2) is 4.39 Å². The first kappa shape index (κ1) is 14.3. The van der Waals surface area contributed by atoms with E-state index in [9.17, 15) is 9.50 Å². The molecule has 1 N–H and O–H groups in total. The van der Waals surface area contributed by atoms with Gasteiger partial charge < -0.3 is 14.6 Å². The zero-order chi connectivity index (χ0) is 14.2. The Kier molecular flexibility index (Phi) is 4.00. The summed E-state index contributed by atoms with van der Waals surface area (Å²) in [5.41, 5.74) is -0.0164. The molecule has 5 heteroatoms. The molecule has 3 nitrogen and oxygen atoms in total. The molecule has 2 aliphatic rings. The van der Waals surface area contributed by atoms with Crippen molar-refractivity contribution < 1.29 is 19.0 Å². The summed E-state index contributed by atoms with van der Waals surface area (Å²) in [6.07, 6.45) is 1.40. The third kappa shape index (κ3) is 2.70. The average molecular weight is 301 g/mol. The molecule has 0 amide bonds. The van der Waals surface area contributed by atoms with Crippen molar-refractivity contribution in [3.63, 3.8) is 0 Å². The van der Waals surface area contributed by atoms with Crippen LogP contribution in [0.2, 0.25) is 5.02 Å². The summed E-state index contributed by atoms with van der Waals surface area (Å²) >= 11 is 5.90. The van der Waals surface area contributed by atoms with Crippen LogP contribution in [0, 0.1) is 11.7 Å². The molecule has 110 valence electrons. The Balaban J connectivity index is 1.79. The number of aliphatic hydroxyl groups excluding tert-OH is 1. The third-order valence-corrected chi connectivity index (χ3v) is 4.56. The predicted octanol–water partition coefficient (Wildman–Crippen LogP) is 3.10. The minimum Gasteiger partial charge on any atom is -0.388 e. The maximum atomic E-state index is 13.9. The Morgan fingerprint density at radius 3 is 3.00 bits per heavy atom. The van der Waals surface area contributed by atoms with E-state index in [0.29, 0.717) is 31.3 Å². The van der Waals surface area contributed by atoms with E-state index >= 15 is 0 Å². The summed E-state index contributed by atoms with van der Waals surface area (Å²) in [5.74, 6) is -0.441. The van der Waals surface area contributed by atoms with E-state index < -0.39 is 11.9 Å². The highest BCUT2D eigenvalue weighted by atomic mass is 35.5. The Morgan fingerprint density at radius 2 is 2.25 bits per heavy atom. The lowest BCUT2D eigenvalue weighted by Gasteiger charge is -2.39. The molecule has 0 bridgehead atoms. The molecule has 2 heterocycles. The Bertz CT molecular complexity index is 488. The summed E-state index contributed by atoms with van der Waals surface area (Å²) in [5, 5.41) is 10.9. The SMILES string of the molecule is OC(c1cc(Cl)ccc1F)C1CCOC2(CCOC2)C1. The second kappa shape index (κ2) is 5.60. The second-order valence-corrected chi connectivity index (χ2v) is 6.13. The van der Waals surface area contributed by atoms with Gasteiger partial charge >= 0.3 is 0 Å². The van der Waals surface area contributed by atoms with Gasteiger partial charge in [-0.3, -0.25) is 0 Å². The van der Waals surface area contributed by atoms with Gasteiger partial charge in [0.15, 0.2) is 0 Å². The monoisotopic (exact) mass is 300 g/mol. The third-order valence-electron chi connectivity index (χ3n) is 4.32. The standard InChI is InChI=1S/C15H18ClFO3/c16-11-1-2-13(17)12(7-11)14(18)10-3-5-20-15(8-10)4-6-19-9-15/h1-2,7,10,14,18H,3-6,8-9H2. The molecule has 1 spiro atoms. The van der Waals surface area contributed by atoms with Crippen LogP contribution in [0.5, 0.6) is 0 Å². The molecule has 2 saturated heterocycles. The lowest BCUT2D eigenvalue weighted by Crippen LogP contribution is -2.42. The summed E-state index contributed by atoms with van der Waals surface area (Å²) in [6.45, 7) is 1.83. The highest BCUT2D eigenvalue weighted by Crippen LogP contribution is 2.41. The van der Waals surface area contributed by atoms with Crippen molar-refractivity contribution in [2.75, 3.05) is 19.8 Å². The molecule has 3 atom stereocenters. The van der Waals surface area contributed by atoms with Crippen LogP contribution >= 0.6 is 11.6 Å². The van der Waals surface area contributed by atoms with E-state index in [-0.39, 0.29) is 17.1 Å². The highest BCUT2D eigenvalue weighted by Gasteiger charge is 2.43. The first-order valence-electron chi connectivity index (χ1n) is 6.94. The van der Waals surface area contributed by atoms with E-state index in [1.165, 1.54) is 18.2 Å². The Morgan fingerprint density at radius 1 is 1.40 bits per heavy atom. The van der Waals surface area contributed by atoms with Crippen molar-refractivity contribution in [3.05, 3.63) is 34.6 Å². The molecule has 1 aromatic carbocycles. The van der Waals surface area contributed by atoms with E-state index in [2.05, 4.69) is 0 Å². The molecule has 0 aliphatic carbocycles. The number of hydrogen-bond acceptors (Lipinski definition) is 3. The fraction of sp³-hybridized carbons (Fsp3) is 0.600. The van der Waals surface area contributed by atoms with Gasteiger partial charge in [0.2, 0.25) is 0 Å². The lowest BCUT2D eigenvalue weighted by molar-refractivity contribution is -0.117. The molecule has 3 unspecified atom stereocenters. The molecule has 2 fully saturated rings. The number of benzene rings is 1. The average Bonchev–Trinajstić information content (AvgIpc) is 2.88. The fourth-order valence-electron chi connectivity index (χ4n) is 3.19. The summed E-state index contributed by atoms with van der Waals surface area (Å²) in [7, 11) is 0. The van der Waals surface area contributed by atoms with Crippen molar-refractivity contribution in [1.82, 2.24) is 0 Å². The number of rotatable bonds is 2. The minimum absolute atomic E-state index is 0.0292. The lowest BCUT2D eigenvalue weighted by atomic mass is 9.80. The van der Waals surface area contributed by atoms with Gasteiger partial charge in [-0.15, -0.1) is 0 Å². The molecule has 0 saturated carbocycles. The molecule has 20 heavy (non-hydrogen) atoms. The minimum atomic E-state index is -0.852. The van der Waals surface area contributed by atoms with Crippen LogP contribution < -0.4 is 0 Å². The van der Waals surface area contributed by atoms with Gasteiger partial charge in [0.05, 0.1) is 18.3 Å². The Labute approximate surface area is 122 Å². The van der Waals surface area contributed by atoms with Crippen molar-refractivity contribution in [3.8, 4) is 0 Å². The predicted molar refractivity (Wildman–Crippen MR) is 73.2 cm³/mol. The normalized spacial score (nSPS) is 31.6.